The van der Waals surface area contributed by atoms with Crippen LogP contribution in [0.3, 0.4) is 0 Å². The molecule has 0 aromatic carbocycles. The second kappa shape index (κ2) is 5.07. The van der Waals surface area contributed by atoms with E-state index in [1.165, 1.54) is 0 Å². The van der Waals surface area contributed by atoms with E-state index < -0.39 is 17.6 Å². The number of pyridine rings is 1. The molecule has 0 amide bonds. The van der Waals surface area contributed by atoms with Gasteiger partial charge < -0.3 is 10.5 Å². The first-order valence-electron chi connectivity index (χ1n) is 5.27. The lowest BCUT2D eigenvalue weighted by atomic mass is 10.1. The molecule has 0 aliphatic heterocycles. The van der Waals surface area contributed by atoms with Crippen LogP contribution in [0.4, 0.5) is 0 Å². The average Bonchev–Trinajstić information content (AvgIpc) is 2.16. The maximum atomic E-state index is 11.6. The molecule has 1 aromatic rings. The molecule has 4 heteroatoms. The van der Waals surface area contributed by atoms with Gasteiger partial charge in [0.2, 0.25) is 0 Å². The van der Waals surface area contributed by atoms with Crippen molar-refractivity contribution in [3.8, 4) is 0 Å². The van der Waals surface area contributed by atoms with Gasteiger partial charge in [0.25, 0.3) is 0 Å². The molecule has 2 N–H and O–H groups in total. The Morgan fingerprint density at radius 3 is 2.69 bits per heavy atom. The lowest BCUT2D eigenvalue weighted by molar-refractivity contribution is -0.156. The van der Waals surface area contributed by atoms with E-state index in [9.17, 15) is 4.79 Å². The fraction of sp³-hybridized carbons (Fsp3) is 0.500. The van der Waals surface area contributed by atoms with Crippen LogP contribution in [0, 0.1) is 0 Å². The molecule has 0 radical (unpaired) electrons. The van der Waals surface area contributed by atoms with Gasteiger partial charge in [-0.2, -0.15) is 0 Å². The van der Waals surface area contributed by atoms with Crippen molar-refractivity contribution in [3.63, 3.8) is 0 Å². The van der Waals surface area contributed by atoms with Crippen molar-refractivity contribution >= 4 is 5.97 Å². The van der Waals surface area contributed by atoms with Gasteiger partial charge in [-0.15, -0.1) is 0 Å². The highest BCUT2D eigenvalue weighted by atomic mass is 16.6. The zero-order chi connectivity index (χ0) is 12.2. The Morgan fingerprint density at radius 2 is 2.19 bits per heavy atom. The molecule has 16 heavy (non-hydrogen) atoms. The molecule has 1 aromatic heterocycles. The molecule has 1 atom stereocenters. The van der Waals surface area contributed by atoms with Gasteiger partial charge in [-0.3, -0.25) is 9.78 Å². The highest BCUT2D eigenvalue weighted by Crippen LogP contribution is 2.09. The summed E-state index contributed by atoms with van der Waals surface area (Å²) in [5, 5.41) is 0. The summed E-state index contributed by atoms with van der Waals surface area (Å²) in [5.74, 6) is -0.391. The first kappa shape index (κ1) is 12.6. The topological polar surface area (TPSA) is 65.2 Å². The predicted molar refractivity (Wildman–Crippen MR) is 61.8 cm³/mol. The molecule has 0 saturated heterocycles. The van der Waals surface area contributed by atoms with Crippen molar-refractivity contribution in [1.82, 2.24) is 4.98 Å². The van der Waals surface area contributed by atoms with Crippen LogP contribution in [0.25, 0.3) is 0 Å². The quantitative estimate of drug-likeness (QED) is 0.783. The third-order valence-electron chi connectivity index (χ3n) is 1.86. The normalized spacial score (nSPS) is 13.2. The van der Waals surface area contributed by atoms with Crippen LogP contribution in [-0.4, -0.2) is 22.6 Å². The number of nitrogens with two attached hydrogens (primary N) is 1. The van der Waals surface area contributed by atoms with Crippen molar-refractivity contribution in [1.29, 1.82) is 0 Å². The summed E-state index contributed by atoms with van der Waals surface area (Å²) in [6.07, 6.45) is 2.08. The minimum Gasteiger partial charge on any atom is -0.459 e. The molecule has 4 nitrogen and oxygen atoms in total. The fourth-order valence-electron chi connectivity index (χ4n) is 1.20. The number of carbonyl (C=O) groups excluding carboxylic acids is 1. The standard InChI is InChI=1S/C12H18N2O2/c1-12(2,3)16-11(15)10(13)8-9-6-4-5-7-14-9/h4-7,10H,8,13H2,1-3H3. The van der Waals surface area contributed by atoms with E-state index >= 15 is 0 Å². The smallest absolute Gasteiger partial charge is 0.323 e. The van der Waals surface area contributed by atoms with E-state index in [1.807, 2.05) is 39.0 Å². The molecule has 0 fully saturated rings. The summed E-state index contributed by atoms with van der Waals surface area (Å²) < 4.78 is 5.18. The van der Waals surface area contributed by atoms with Crippen molar-refractivity contribution in [2.24, 2.45) is 5.73 Å². The summed E-state index contributed by atoms with van der Waals surface area (Å²) in [6.45, 7) is 5.45. The Morgan fingerprint density at radius 1 is 1.50 bits per heavy atom. The Hall–Kier alpha value is -1.42. The number of hydrogen-bond acceptors (Lipinski definition) is 4. The number of ether oxygens (including phenoxy) is 1. The highest BCUT2D eigenvalue weighted by molar-refractivity contribution is 5.76. The fourth-order valence-corrected chi connectivity index (χ4v) is 1.20. The van der Waals surface area contributed by atoms with Gasteiger partial charge in [-0.25, -0.2) is 0 Å². The van der Waals surface area contributed by atoms with Crippen molar-refractivity contribution in [2.45, 2.75) is 38.8 Å². The minimum atomic E-state index is -0.658. The number of nitrogens with zero attached hydrogens (tertiary/aromatic N) is 1. The van der Waals surface area contributed by atoms with Gasteiger partial charge in [0, 0.05) is 18.3 Å². The summed E-state index contributed by atoms with van der Waals surface area (Å²) >= 11 is 0. The van der Waals surface area contributed by atoms with Gasteiger partial charge in [0.15, 0.2) is 0 Å². The average molecular weight is 222 g/mol. The predicted octanol–water partition coefficient (Wildman–Crippen LogP) is 1.29. The Kier molecular flexibility index (Phi) is 4.01. The van der Waals surface area contributed by atoms with Gasteiger partial charge in [-0.1, -0.05) is 6.07 Å². The summed E-state index contributed by atoms with van der Waals surface area (Å²) in [5.41, 5.74) is 6.03. The first-order chi connectivity index (χ1) is 7.38. The van der Waals surface area contributed by atoms with Crippen LogP contribution >= 0.6 is 0 Å². The Bertz CT molecular complexity index is 344. The Balaban J connectivity index is 2.53. The summed E-state index contributed by atoms with van der Waals surface area (Å²) in [7, 11) is 0. The molecule has 0 aliphatic rings. The molecule has 0 bridgehead atoms. The van der Waals surface area contributed by atoms with Crippen molar-refractivity contribution in [3.05, 3.63) is 30.1 Å². The van der Waals surface area contributed by atoms with E-state index in [2.05, 4.69) is 4.98 Å². The second-order valence-corrected chi connectivity index (χ2v) is 4.67. The third-order valence-corrected chi connectivity index (χ3v) is 1.86. The summed E-state index contributed by atoms with van der Waals surface area (Å²) in [6, 6.07) is 4.87. The van der Waals surface area contributed by atoms with Crippen LogP contribution in [0.5, 0.6) is 0 Å². The molecule has 1 heterocycles. The SMILES string of the molecule is CC(C)(C)OC(=O)C(N)Cc1ccccn1. The van der Waals surface area contributed by atoms with E-state index in [0.717, 1.165) is 5.69 Å². The molecular formula is C12H18N2O2. The van der Waals surface area contributed by atoms with Crippen LogP contribution < -0.4 is 5.73 Å². The zero-order valence-corrected chi connectivity index (χ0v) is 9.93. The molecule has 0 saturated carbocycles. The van der Waals surface area contributed by atoms with E-state index in [1.54, 1.807) is 6.20 Å². The van der Waals surface area contributed by atoms with Gasteiger partial charge in [0.1, 0.15) is 11.6 Å². The molecule has 1 unspecified atom stereocenters. The van der Waals surface area contributed by atoms with Crippen LogP contribution in [0.15, 0.2) is 24.4 Å². The number of esters is 1. The van der Waals surface area contributed by atoms with Crippen molar-refractivity contribution < 1.29 is 9.53 Å². The van der Waals surface area contributed by atoms with E-state index in [4.69, 9.17) is 10.5 Å². The maximum absolute atomic E-state index is 11.6. The third kappa shape index (κ3) is 4.40. The number of aromatic nitrogens is 1. The monoisotopic (exact) mass is 222 g/mol. The molecule has 88 valence electrons. The summed E-state index contributed by atoms with van der Waals surface area (Å²) in [4.78, 5) is 15.7. The molecule has 0 spiro atoms. The van der Waals surface area contributed by atoms with Gasteiger partial charge in [0.05, 0.1) is 0 Å². The lowest BCUT2D eigenvalue weighted by Crippen LogP contribution is -2.38. The number of rotatable bonds is 3. The number of carbonyl (C=O) groups is 1. The second-order valence-electron chi connectivity index (χ2n) is 4.67. The Labute approximate surface area is 95.8 Å². The van der Waals surface area contributed by atoms with Gasteiger partial charge in [-0.05, 0) is 32.9 Å². The lowest BCUT2D eigenvalue weighted by Gasteiger charge is -2.22. The van der Waals surface area contributed by atoms with E-state index in [0.29, 0.717) is 6.42 Å². The van der Waals surface area contributed by atoms with Crippen LogP contribution in [0.1, 0.15) is 26.5 Å². The van der Waals surface area contributed by atoms with E-state index in [-0.39, 0.29) is 0 Å². The van der Waals surface area contributed by atoms with Crippen LogP contribution in [0.2, 0.25) is 0 Å². The molecule has 1 rings (SSSR count). The number of hydrogen-bond donors (Lipinski definition) is 1. The largest absolute Gasteiger partial charge is 0.459 e. The molecule has 0 aliphatic carbocycles. The highest BCUT2D eigenvalue weighted by Gasteiger charge is 2.22. The molecular weight excluding hydrogens is 204 g/mol. The van der Waals surface area contributed by atoms with Gasteiger partial charge >= 0.3 is 5.97 Å². The first-order valence-corrected chi connectivity index (χ1v) is 5.27. The maximum Gasteiger partial charge on any atom is 0.323 e. The minimum absolute atomic E-state index is 0.391. The van der Waals surface area contributed by atoms with Crippen molar-refractivity contribution in [2.75, 3.05) is 0 Å². The zero-order valence-electron chi connectivity index (χ0n) is 9.93. The van der Waals surface area contributed by atoms with Crippen LogP contribution in [-0.2, 0) is 16.0 Å².